The Morgan fingerprint density at radius 2 is 2.06 bits per heavy atom. The molecule has 2 heteroatoms. The molecule has 1 N–H and O–H groups in total. The van der Waals surface area contributed by atoms with Crippen molar-refractivity contribution < 1.29 is 9.90 Å². The minimum atomic E-state index is -0.177. The lowest BCUT2D eigenvalue weighted by molar-refractivity contribution is -0.110. The highest BCUT2D eigenvalue weighted by atomic mass is 16.2. The maximum absolute atomic E-state index is 11.2. The van der Waals surface area contributed by atoms with Crippen molar-refractivity contribution >= 4 is 5.78 Å². The van der Waals surface area contributed by atoms with Crippen LogP contribution in [0.25, 0.3) is 0 Å². The number of carbonyl (C=O) groups is 1. The smallest absolute Gasteiger partial charge is 0.181 e. The molecule has 0 aromatic rings. The summed E-state index contributed by atoms with van der Waals surface area (Å²) >= 11 is 0. The predicted octanol–water partition coefficient (Wildman–Crippen LogP) is 3.71. The zero-order chi connectivity index (χ0) is 12.2. The van der Waals surface area contributed by atoms with E-state index in [0.29, 0.717) is 0 Å². The van der Waals surface area contributed by atoms with Crippen molar-refractivity contribution in [1.82, 2.24) is 0 Å². The maximum Gasteiger partial charge on any atom is 0.181 e. The van der Waals surface area contributed by atoms with E-state index in [1.54, 1.807) is 0 Å². The fourth-order valence-corrected chi connectivity index (χ4v) is 2.30. The summed E-state index contributed by atoms with van der Waals surface area (Å²) in [4.78, 5) is 11.2. The molecule has 88 valence electrons. The molecular weight excluding hydrogens is 200 g/mol. The maximum atomic E-state index is 11.2. The lowest BCUT2D eigenvalue weighted by Crippen LogP contribution is -2.19. The van der Waals surface area contributed by atoms with Gasteiger partial charge in [-0.15, -0.1) is 0 Å². The van der Waals surface area contributed by atoms with Gasteiger partial charge in [0.1, 0.15) is 0 Å². The van der Waals surface area contributed by atoms with E-state index in [1.165, 1.54) is 23.6 Å². The van der Waals surface area contributed by atoms with Gasteiger partial charge < -0.3 is 5.11 Å². The summed E-state index contributed by atoms with van der Waals surface area (Å²) in [5, 5.41) is 8.48. The highest BCUT2D eigenvalue weighted by Gasteiger charge is 2.26. The van der Waals surface area contributed by atoms with Crippen LogP contribution < -0.4 is 0 Å². The molecule has 0 aromatic heterocycles. The lowest BCUT2D eigenvalue weighted by atomic mass is 9.72. The van der Waals surface area contributed by atoms with Crippen LogP contribution in [0.4, 0.5) is 0 Å². The van der Waals surface area contributed by atoms with Crippen LogP contribution in [0.5, 0.6) is 0 Å². The molecule has 0 heterocycles. The average molecular weight is 220 g/mol. The molecule has 0 aliphatic heterocycles. The molecule has 0 atom stereocenters. The molecule has 1 aliphatic rings. The standard InChI is InChI=1S/C14H20O2/c1-11-5-4-9-14(2,3)13(11)7-6-12(16)8-10-15/h6-8,10,15H,4-5,9H2,1-3H3/b7-6+,10-8-. The van der Waals surface area contributed by atoms with Gasteiger partial charge in [0.15, 0.2) is 5.78 Å². The van der Waals surface area contributed by atoms with Crippen molar-refractivity contribution in [2.75, 3.05) is 0 Å². The average Bonchev–Trinajstić information content (AvgIpc) is 2.16. The van der Waals surface area contributed by atoms with Gasteiger partial charge in [-0.2, -0.15) is 0 Å². The van der Waals surface area contributed by atoms with Crippen molar-refractivity contribution in [2.24, 2.45) is 5.41 Å². The van der Waals surface area contributed by atoms with Gasteiger partial charge in [-0.3, -0.25) is 4.79 Å². The molecule has 1 aliphatic carbocycles. The van der Waals surface area contributed by atoms with Crippen LogP contribution in [-0.4, -0.2) is 10.9 Å². The van der Waals surface area contributed by atoms with E-state index in [2.05, 4.69) is 20.8 Å². The highest BCUT2D eigenvalue weighted by Crippen LogP contribution is 2.40. The summed E-state index contributed by atoms with van der Waals surface area (Å²) in [7, 11) is 0. The van der Waals surface area contributed by atoms with E-state index in [-0.39, 0.29) is 11.2 Å². The molecule has 0 saturated heterocycles. The first-order valence-corrected chi connectivity index (χ1v) is 5.70. The fourth-order valence-electron chi connectivity index (χ4n) is 2.30. The Kier molecular flexibility index (Phi) is 4.11. The summed E-state index contributed by atoms with van der Waals surface area (Å²) < 4.78 is 0. The third-order valence-electron chi connectivity index (χ3n) is 3.20. The largest absolute Gasteiger partial charge is 0.515 e. The Bertz CT molecular complexity index is 357. The van der Waals surface area contributed by atoms with Gasteiger partial charge in [0.25, 0.3) is 0 Å². The fraction of sp³-hybridized carbons (Fsp3) is 0.500. The summed E-state index contributed by atoms with van der Waals surface area (Å²) in [5.74, 6) is -0.177. The molecule has 0 amide bonds. The Labute approximate surface area is 97.4 Å². The minimum Gasteiger partial charge on any atom is -0.515 e. The second-order valence-electron chi connectivity index (χ2n) is 4.98. The molecule has 0 fully saturated rings. The van der Waals surface area contributed by atoms with Crippen LogP contribution in [0.15, 0.2) is 35.6 Å². The van der Waals surface area contributed by atoms with Crippen LogP contribution in [0, 0.1) is 5.41 Å². The number of hydrogen-bond acceptors (Lipinski definition) is 2. The van der Waals surface area contributed by atoms with Crippen LogP contribution in [0.1, 0.15) is 40.0 Å². The van der Waals surface area contributed by atoms with E-state index in [0.717, 1.165) is 25.2 Å². The minimum absolute atomic E-state index is 0.155. The van der Waals surface area contributed by atoms with Gasteiger partial charge >= 0.3 is 0 Å². The van der Waals surface area contributed by atoms with Gasteiger partial charge in [0.2, 0.25) is 0 Å². The number of allylic oxidation sites excluding steroid dienone is 5. The molecule has 0 saturated carbocycles. The number of carbonyl (C=O) groups excluding carboxylic acids is 1. The van der Waals surface area contributed by atoms with E-state index >= 15 is 0 Å². The first kappa shape index (κ1) is 12.8. The van der Waals surface area contributed by atoms with E-state index in [4.69, 9.17) is 5.11 Å². The summed E-state index contributed by atoms with van der Waals surface area (Å²) in [6.45, 7) is 6.55. The topological polar surface area (TPSA) is 37.3 Å². The van der Waals surface area contributed by atoms with Crippen molar-refractivity contribution in [3.05, 3.63) is 35.6 Å². The summed E-state index contributed by atoms with van der Waals surface area (Å²) in [6.07, 6.45) is 8.86. The zero-order valence-corrected chi connectivity index (χ0v) is 10.3. The van der Waals surface area contributed by atoms with Crippen molar-refractivity contribution in [3.63, 3.8) is 0 Å². The second kappa shape index (κ2) is 5.15. The molecule has 1 rings (SSSR count). The van der Waals surface area contributed by atoms with Crippen LogP contribution in [0.2, 0.25) is 0 Å². The first-order valence-electron chi connectivity index (χ1n) is 5.70. The molecule has 2 nitrogen and oxygen atoms in total. The molecular formula is C14H20O2. The SMILES string of the molecule is CC1=C(/C=C/C(=O)/C=C\O)C(C)(C)CCC1. The van der Waals surface area contributed by atoms with Gasteiger partial charge in [-0.25, -0.2) is 0 Å². The van der Waals surface area contributed by atoms with Crippen molar-refractivity contribution in [3.8, 4) is 0 Å². The van der Waals surface area contributed by atoms with Crippen molar-refractivity contribution in [1.29, 1.82) is 0 Å². The Hall–Kier alpha value is -1.31. The summed E-state index contributed by atoms with van der Waals surface area (Å²) in [5.41, 5.74) is 2.79. The quantitative estimate of drug-likeness (QED) is 0.581. The van der Waals surface area contributed by atoms with E-state index in [1.807, 2.05) is 6.08 Å². The Morgan fingerprint density at radius 3 is 2.62 bits per heavy atom. The second-order valence-corrected chi connectivity index (χ2v) is 4.98. The lowest BCUT2D eigenvalue weighted by Gasteiger charge is -2.32. The number of aliphatic hydroxyl groups is 1. The van der Waals surface area contributed by atoms with Gasteiger partial charge in [0, 0.05) is 6.08 Å². The molecule has 0 unspecified atom stereocenters. The normalized spacial score (nSPS) is 20.9. The number of aliphatic hydroxyl groups excluding tert-OH is 1. The van der Waals surface area contributed by atoms with Gasteiger partial charge in [-0.05, 0) is 43.3 Å². The first-order chi connectivity index (χ1) is 7.47. The highest BCUT2D eigenvalue weighted by molar-refractivity contribution is 5.99. The Morgan fingerprint density at radius 1 is 1.38 bits per heavy atom. The van der Waals surface area contributed by atoms with E-state index in [9.17, 15) is 4.79 Å². The molecule has 16 heavy (non-hydrogen) atoms. The van der Waals surface area contributed by atoms with Crippen molar-refractivity contribution in [2.45, 2.75) is 40.0 Å². The van der Waals surface area contributed by atoms with Gasteiger partial charge in [0.05, 0.1) is 6.26 Å². The summed E-state index contributed by atoms with van der Waals surface area (Å²) in [6, 6.07) is 0. The van der Waals surface area contributed by atoms with Crippen LogP contribution in [-0.2, 0) is 4.79 Å². The molecule has 0 spiro atoms. The Balaban J connectivity index is 2.89. The number of hydrogen-bond donors (Lipinski definition) is 1. The third-order valence-corrected chi connectivity index (χ3v) is 3.20. The van der Waals surface area contributed by atoms with Crippen LogP contribution >= 0.6 is 0 Å². The molecule has 0 radical (unpaired) electrons. The molecule has 0 bridgehead atoms. The monoisotopic (exact) mass is 220 g/mol. The van der Waals surface area contributed by atoms with E-state index < -0.39 is 0 Å². The predicted molar refractivity (Wildman–Crippen MR) is 66.2 cm³/mol. The van der Waals surface area contributed by atoms with Gasteiger partial charge in [-0.1, -0.05) is 25.5 Å². The zero-order valence-electron chi connectivity index (χ0n) is 10.3. The number of ketones is 1. The number of rotatable bonds is 3. The third kappa shape index (κ3) is 3.09. The van der Waals surface area contributed by atoms with Crippen LogP contribution in [0.3, 0.4) is 0 Å². The molecule has 0 aromatic carbocycles.